The molecular weight excluding hydrogens is 415 g/mol. The number of likely N-dealkylation sites (tertiary alicyclic amines) is 1. The number of morpholine rings is 1. The van der Waals surface area contributed by atoms with Gasteiger partial charge in [-0.25, -0.2) is 0 Å². The number of aliphatic imine (C=N–C) groups is 1. The number of aryl methyl sites for hydroxylation is 1. The van der Waals surface area contributed by atoms with Crippen LogP contribution >= 0.6 is 24.0 Å². The van der Waals surface area contributed by atoms with Crippen molar-refractivity contribution in [2.45, 2.75) is 25.9 Å². The van der Waals surface area contributed by atoms with E-state index in [0.717, 1.165) is 51.9 Å². The first kappa shape index (κ1) is 19.5. The molecule has 3 rings (SSSR count). The lowest BCUT2D eigenvalue weighted by Gasteiger charge is -2.32. The molecule has 6 heteroatoms. The number of benzene rings is 1. The van der Waals surface area contributed by atoms with Gasteiger partial charge in [0.15, 0.2) is 5.96 Å². The molecule has 134 valence electrons. The first-order chi connectivity index (χ1) is 11.3. The van der Waals surface area contributed by atoms with Crippen LogP contribution < -0.4 is 5.32 Å². The maximum Gasteiger partial charge on any atom is 0.193 e. The molecule has 2 saturated heterocycles. The van der Waals surface area contributed by atoms with Crippen molar-refractivity contribution in [3.8, 4) is 0 Å². The second-order valence-corrected chi connectivity index (χ2v) is 6.36. The Hall–Kier alpha value is -0.860. The molecule has 0 spiro atoms. The predicted molar refractivity (Wildman–Crippen MR) is 109 cm³/mol. The lowest BCUT2D eigenvalue weighted by atomic mass is 10.1. The van der Waals surface area contributed by atoms with E-state index in [0.29, 0.717) is 6.04 Å². The minimum atomic E-state index is 0. The van der Waals surface area contributed by atoms with E-state index >= 15 is 0 Å². The number of halogens is 1. The number of nitrogens with zero attached hydrogens (tertiary/aromatic N) is 3. The van der Waals surface area contributed by atoms with Crippen LogP contribution in [0.3, 0.4) is 0 Å². The van der Waals surface area contributed by atoms with E-state index in [1.807, 2.05) is 7.05 Å². The maximum atomic E-state index is 5.46. The van der Waals surface area contributed by atoms with Crippen molar-refractivity contribution >= 4 is 29.9 Å². The standard InChI is InChI=1S/C18H28N4O.HI/c1-15-5-3-4-6-16(15)13-20-18(19-2)22-8-7-17(14-22)21-9-11-23-12-10-21;/h3-6,17H,7-14H2,1-2H3,(H,19,20);1H. The maximum absolute atomic E-state index is 5.46. The predicted octanol–water partition coefficient (Wildman–Crippen LogP) is 2.09. The van der Waals surface area contributed by atoms with Crippen LogP contribution in [0.4, 0.5) is 0 Å². The Morgan fingerprint density at radius 2 is 2.00 bits per heavy atom. The van der Waals surface area contributed by atoms with Gasteiger partial charge >= 0.3 is 0 Å². The summed E-state index contributed by atoms with van der Waals surface area (Å²) in [6.45, 7) is 9.00. The van der Waals surface area contributed by atoms with Gasteiger partial charge in [0.05, 0.1) is 13.2 Å². The fourth-order valence-electron chi connectivity index (χ4n) is 3.49. The largest absolute Gasteiger partial charge is 0.379 e. The van der Waals surface area contributed by atoms with Crippen molar-refractivity contribution in [1.82, 2.24) is 15.1 Å². The van der Waals surface area contributed by atoms with Gasteiger partial charge in [0, 0.05) is 45.8 Å². The van der Waals surface area contributed by atoms with Crippen molar-refractivity contribution in [3.05, 3.63) is 35.4 Å². The quantitative estimate of drug-likeness (QED) is 0.441. The van der Waals surface area contributed by atoms with Crippen LogP contribution in [0.5, 0.6) is 0 Å². The summed E-state index contributed by atoms with van der Waals surface area (Å²) in [6.07, 6.45) is 1.21. The van der Waals surface area contributed by atoms with Crippen molar-refractivity contribution in [2.24, 2.45) is 4.99 Å². The zero-order valence-electron chi connectivity index (χ0n) is 14.7. The molecule has 1 unspecified atom stereocenters. The lowest BCUT2D eigenvalue weighted by Crippen LogP contribution is -2.46. The van der Waals surface area contributed by atoms with E-state index in [-0.39, 0.29) is 24.0 Å². The van der Waals surface area contributed by atoms with E-state index in [9.17, 15) is 0 Å². The SMILES string of the molecule is CN=C(NCc1ccccc1C)N1CCC(N2CCOCC2)C1.I. The molecule has 24 heavy (non-hydrogen) atoms. The molecule has 2 aliphatic rings. The third-order valence-corrected chi connectivity index (χ3v) is 4.93. The van der Waals surface area contributed by atoms with Crippen molar-refractivity contribution in [3.63, 3.8) is 0 Å². The van der Waals surface area contributed by atoms with E-state index in [1.54, 1.807) is 0 Å². The van der Waals surface area contributed by atoms with Gasteiger partial charge in [0.25, 0.3) is 0 Å². The Morgan fingerprint density at radius 1 is 1.25 bits per heavy atom. The third kappa shape index (κ3) is 4.83. The molecule has 5 nitrogen and oxygen atoms in total. The molecule has 1 N–H and O–H groups in total. The number of hydrogen-bond donors (Lipinski definition) is 1. The van der Waals surface area contributed by atoms with Gasteiger partial charge in [-0.05, 0) is 24.5 Å². The van der Waals surface area contributed by atoms with Crippen LogP contribution in [0.25, 0.3) is 0 Å². The van der Waals surface area contributed by atoms with Gasteiger partial charge in [-0.3, -0.25) is 9.89 Å². The summed E-state index contributed by atoms with van der Waals surface area (Å²) in [7, 11) is 1.88. The number of nitrogens with one attached hydrogen (secondary N) is 1. The van der Waals surface area contributed by atoms with Crippen LogP contribution in [0.1, 0.15) is 17.5 Å². The highest BCUT2D eigenvalue weighted by Gasteiger charge is 2.30. The summed E-state index contributed by atoms with van der Waals surface area (Å²) in [4.78, 5) is 9.44. The molecule has 0 amide bonds. The number of guanidine groups is 1. The van der Waals surface area contributed by atoms with Crippen LogP contribution in [0, 0.1) is 6.92 Å². The summed E-state index contributed by atoms with van der Waals surface area (Å²) in [5, 5.41) is 3.52. The third-order valence-electron chi connectivity index (χ3n) is 4.93. The molecule has 0 radical (unpaired) electrons. The summed E-state index contributed by atoms with van der Waals surface area (Å²) in [5.41, 5.74) is 2.65. The van der Waals surface area contributed by atoms with Crippen molar-refractivity contribution < 1.29 is 4.74 Å². The lowest BCUT2D eigenvalue weighted by molar-refractivity contribution is 0.0195. The Balaban J connectivity index is 0.00000208. The Bertz CT molecular complexity index is 546. The minimum absolute atomic E-state index is 0. The van der Waals surface area contributed by atoms with Gasteiger partial charge < -0.3 is 15.0 Å². The molecule has 1 aromatic rings. The number of hydrogen-bond acceptors (Lipinski definition) is 3. The zero-order valence-corrected chi connectivity index (χ0v) is 17.0. The van der Waals surface area contributed by atoms with Crippen LogP contribution in [-0.2, 0) is 11.3 Å². The summed E-state index contributed by atoms with van der Waals surface area (Å²) < 4.78 is 5.46. The van der Waals surface area contributed by atoms with E-state index < -0.39 is 0 Å². The molecule has 2 fully saturated rings. The topological polar surface area (TPSA) is 40.1 Å². The number of ether oxygens (including phenoxy) is 1. The minimum Gasteiger partial charge on any atom is -0.379 e. The van der Waals surface area contributed by atoms with Crippen molar-refractivity contribution in [1.29, 1.82) is 0 Å². The van der Waals surface area contributed by atoms with Gasteiger partial charge in [-0.2, -0.15) is 0 Å². The number of rotatable bonds is 3. The average molecular weight is 444 g/mol. The Morgan fingerprint density at radius 3 is 2.71 bits per heavy atom. The van der Waals surface area contributed by atoms with Crippen LogP contribution in [0.15, 0.2) is 29.3 Å². The smallest absolute Gasteiger partial charge is 0.193 e. The molecule has 0 bridgehead atoms. The molecular formula is C18H29IN4O. The fourth-order valence-corrected chi connectivity index (χ4v) is 3.49. The second-order valence-electron chi connectivity index (χ2n) is 6.36. The van der Waals surface area contributed by atoms with Gasteiger partial charge in [0.1, 0.15) is 0 Å². The second kappa shape index (κ2) is 9.58. The average Bonchev–Trinajstić information content (AvgIpc) is 3.08. The molecule has 0 aromatic heterocycles. The first-order valence-electron chi connectivity index (χ1n) is 8.60. The van der Waals surface area contributed by atoms with Crippen LogP contribution in [0.2, 0.25) is 0 Å². The highest BCUT2D eigenvalue weighted by molar-refractivity contribution is 14.0. The van der Waals surface area contributed by atoms with E-state index in [4.69, 9.17) is 4.74 Å². The molecule has 2 heterocycles. The highest BCUT2D eigenvalue weighted by Crippen LogP contribution is 2.17. The summed E-state index contributed by atoms with van der Waals surface area (Å²) >= 11 is 0. The molecule has 0 aliphatic carbocycles. The van der Waals surface area contributed by atoms with Gasteiger partial charge in [0.2, 0.25) is 0 Å². The van der Waals surface area contributed by atoms with Gasteiger partial charge in [-0.15, -0.1) is 24.0 Å². The highest BCUT2D eigenvalue weighted by atomic mass is 127. The van der Waals surface area contributed by atoms with E-state index in [1.165, 1.54) is 17.5 Å². The Kier molecular flexibility index (Phi) is 7.77. The monoisotopic (exact) mass is 444 g/mol. The van der Waals surface area contributed by atoms with Crippen molar-refractivity contribution in [2.75, 3.05) is 46.4 Å². The Labute approximate surface area is 162 Å². The van der Waals surface area contributed by atoms with Crippen LogP contribution in [-0.4, -0.2) is 68.2 Å². The fraction of sp³-hybridized carbons (Fsp3) is 0.611. The zero-order chi connectivity index (χ0) is 16.1. The molecule has 1 aromatic carbocycles. The summed E-state index contributed by atoms with van der Waals surface area (Å²) in [5.74, 6) is 1.02. The normalized spacial score (nSPS) is 22.3. The van der Waals surface area contributed by atoms with E-state index in [2.05, 4.69) is 51.3 Å². The van der Waals surface area contributed by atoms with Gasteiger partial charge in [-0.1, -0.05) is 24.3 Å². The summed E-state index contributed by atoms with van der Waals surface area (Å²) in [6, 6.07) is 9.15. The molecule has 0 saturated carbocycles. The molecule has 1 atom stereocenters. The first-order valence-corrected chi connectivity index (χ1v) is 8.60. The molecule has 2 aliphatic heterocycles.